The molecule has 0 saturated heterocycles. The van der Waals surface area contributed by atoms with Gasteiger partial charge in [0.1, 0.15) is 12.1 Å². The Bertz CT molecular complexity index is 508. The van der Waals surface area contributed by atoms with Gasteiger partial charge in [-0.1, -0.05) is 0 Å². The molecule has 0 bridgehead atoms. The number of rotatable bonds is 4. The number of hydrogen-bond acceptors (Lipinski definition) is 5. The molecule has 0 aliphatic rings. The summed E-state index contributed by atoms with van der Waals surface area (Å²) in [5.41, 5.74) is 3.06. The Morgan fingerprint density at radius 3 is 2.82 bits per heavy atom. The third-order valence-electron chi connectivity index (χ3n) is 2.61. The quantitative estimate of drug-likeness (QED) is 0.835. The van der Waals surface area contributed by atoms with Crippen LogP contribution in [0.5, 0.6) is 5.88 Å². The van der Waals surface area contributed by atoms with Gasteiger partial charge in [0, 0.05) is 17.8 Å². The molecule has 90 valence electrons. The third kappa shape index (κ3) is 2.35. The Morgan fingerprint density at radius 2 is 2.18 bits per heavy atom. The molecule has 0 saturated carbocycles. The second-order valence-electron chi connectivity index (χ2n) is 3.73. The lowest BCUT2D eigenvalue weighted by Gasteiger charge is -2.09. The van der Waals surface area contributed by atoms with E-state index < -0.39 is 0 Å². The summed E-state index contributed by atoms with van der Waals surface area (Å²) in [5, 5.41) is 10.1. The van der Waals surface area contributed by atoms with Crippen molar-refractivity contribution in [2.75, 3.05) is 12.4 Å². The summed E-state index contributed by atoms with van der Waals surface area (Å²) in [4.78, 5) is 8.21. The number of methoxy groups -OCH3 is 1. The third-order valence-corrected chi connectivity index (χ3v) is 2.61. The first-order valence-corrected chi connectivity index (χ1v) is 5.30. The second kappa shape index (κ2) is 4.82. The summed E-state index contributed by atoms with van der Waals surface area (Å²) in [7, 11) is 1.60. The minimum absolute atomic E-state index is 0.589. The maximum absolute atomic E-state index is 5.14. The maximum Gasteiger partial charge on any atom is 0.221 e. The van der Waals surface area contributed by atoms with Gasteiger partial charge in [0.25, 0.3) is 0 Å². The molecule has 2 N–H and O–H groups in total. The van der Waals surface area contributed by atoms with Crippen LogP contribution in [-0.2, 0) is 6.54 Å². The zero-order valence-corrected chi connectivity index (χ0v) is 10.1. The Morgan fingerprint density at radius 1 is 1.35 bits per heavy atom. The van der Waals surface area contributed by atoms with Crippen molar-refractivity contribution in [2.24, 2.45) is 0 Å². The lowest BCUT2D eigenvalue weighted by Crippen LogP contribution is -2.05. The van der Waals surface area contributed by atoms with Gasteiger partial charge in [0.15, 0.2) is 0 Å². The molecular formula is C11H15N5O. The van der Waals surface area contributed by atoms with Crippen molar-refractivity contribution >= 4 is 5.82 Å². The van der Waals surface area contributed by atoms with E-state index in [1.54, 1.807) is 13.3 Å². The zero-order valence-electron chi connectivity index (χ0n) is 10.1. The number of hydrogen-bond donors (Lipinski definition) is 2. The number of nitrogens with one attached hydrogen (secondary N) is 2. The van der Waals surface area contributed by atoms with Gasteiger partial charge in [0.2, 0.25) is 5.88 Å². The summed E-state index contributed by atoms with van der Waals surface area (Å²) in [5.74, 6) is 1.36. The number of aryl methyl sites for hydroxylation is 1. The van der Waals surface area contributed by atoms with Crippen LogP contribution in [0, 0.1) is 13.8 Å². The molecule has 6 heteroatoms. The summed E-state index contributed by atoms with van der Waals surface area (Å²) < 4.78 is 5.14. The van der Waals surface area contributed by atoms with Crippen LogP contribution in [0.1, 0.15) is 16.8 Å². The number of anilines is 1. The van der Waals surface area contributed by atoms with Gasteiger partial charge in [-0.2, -0.15) is 5.10 Å². The van der Waals surface area contributed by atoms with E-state index in [1.807, 2.05) is 13.8 Å². The fraction of sp³-hybridized carbons (Fsp3) is 0.364. The van der Waals surface area contributed by atoms with Crippen LogP contribution < -0.4 is 10.1 Å². The lowest BCUT2D eigenvalue weighted by molar-refractivity contribution is 0.393. The van der Waals surface area contributed by atoms with Gasteiger partial charge in [0.05, 0.1) is 18.9 Å². The van der Waals surface area contributed by atoms with E-state index in [4.69, 9.17) is 4.74 Å². The smallest absolute Gasteiger partial charge is 0.221 e. The fourth-order valence-electron chi connectivity index (χ4n) is 1.55. The number of aromatic amines is 1. The predicted molar refractivity (Wildman–Crippen MR) is 64.0 cm³/mol. The van der Waals surface area contributed by atoms with E-state index >= 15 is 0 Å². The molecule has 6 nitrogen and oxygen atoms in total. The number of aromatic nitrogens is 4. The van der Waals surface area contributed by atoms with Gasteiger partial charge < -0.3 is 10.1 Å². The van der Waals surface area contributed by atoms with Crippen molar-refractivity contribution in [1.29, 1.82) is 0 Å². The molecule has 0 spiro atoms. The Balaban J connectivity index is 2.12. The molecule has 0 aliphatic heterocycles. The summed E-state index contributed by atoms with van der Waals surface area (Å²) >= 11 is 0. The molecule has 2 aromatic heterocycles. The van der Waals surface area contributed by atoms with Crippen LogP contribution in [0.3, 0.4) is 0 Å². The van der Waals surface area contributed by atoms with Gasteiger partial charge in [-0.05, 0) is 13.8 Å². The second-order valence-corrected chi connectivity index (χ2v) is 3.73. The van der Waals surface area contributed by atoms with Crippen LogP contribution in [0.15, 0.2) is 12.5 Å². The highest BCUT2D eigenvalue weighted by Crippen LogP contribution is 2.20. The number of nitrogens with zero attached hydrogens (tertiary/aromatic N) is 3. The van der Waals surface area contributed by atoms with Crippen LogP contribution in [0.4, 0.5) is 5.82 Å². The maximum atomic E-state index is 5.14. The topological polar surface area (TPSA) is 75.7 Å². The molecule has 2 rings (SSSR count). The van der Waals surface area contributed by atoms with Crippen LogP contribution in [0.2, 0.25) is 0 Å². The largest absolute Gasteiger partial charge is 0.481 e. The molecule has 17 heavy (non-hydrogen) atoms. The molecule has 0 atom stereocenters. The van der Waals surface area contributed by atoms with Crippen LogP contribution in [0.25, 0.3) is 0 Å². The Hall–Kier alpha value is -2.11. The van der Waals surface area contributed by atoms with Crippen molar-refractivity contribution in [3.63, 3.8) is 0 Å². The fourth-order valence-corrected chi connectivity index (χ4v) is 1.55. The summed E-state index contributed by atoms with van der Waals surface area (Å²) in [6.45, 7) is 4.57. The molecule has 0 aromatic carbocycles. The van der Waals surface area contributed by atoms with E-state index in [0.29, 0.717) is 12.4 Å². The zero-order chi connectivity index (χ0) is 12.3. The standard InChI is InChI=1S/C11H15N5O/c1-7-10(13-6-14-11(7)17-3)12-4-9-5-15-16-8(9)2/h5-6H,4H2,1-3H3,(H,15,16)(H,12,13,14). The first-order chi connectivity index (χ1) is 8.22. The summed E-state index contributed by atoms with van der Waals surface area (Å²) in [6, 6.07) is 0. The molecule has 2 aromatic rings. The predicted octanol–water partition coefficient (Wildman–Crippen LogP) is 1.44. The highest BCUT2D eigenvalue weighted by atomic mass is 16.5. The van der Waals surface area contributed by atoms with E-state index in [0.717, 1.165) is 22.6 Å². The average Bonchev–Trinajstić information content (AvgIpc) is 2.74. The molecule has 0 amide bonds. The van der Waals surface area contributed by atoms with Crippen molar-refractivity contribution in [3.8, 4) is 5.88 Å². The molecule has 0 fully saturated rings. The van der Waals surface area contributed by atoms with Crippen molar-refractivity contribution in [1.82, 2.24) is 20.2 Å². The van der Waals surface area contributed by atoms with Crippen molar-refractivity contribution in [3.05, 3.63) is 29.3 Å². The monoisotopic (exact) mass is 233 g/mol. The highest BCUT2D eigenvalue weighted by Gasteiger charge is 2.07. The van der Waals surface area contributed by atoms with Crippen molar-refractivity contribution < 1.29 is 4.74 Å². The van der Waals surface area contributed by atoms with Crippen LogP contribution in [-0.4, -0.2) is 27.3 Å². The molecule has 2 heterocycles. The van der Waals surface area contributed by atoms with Gasteiger partial charge in [-0.15, -0.1) is 0 Å². The lowest BCUT2D eigenvalue weighted by atomic mass is 10.2. The average molecular weight is 233 g/mol. The minimum atomic E-state index is 0.589. The minimum Gasteiger partial charge on any atom is -0.481 e. The Labute approximate surface area is 99.4 Å². The number of ether oxygens (including phenoxy) is 1. The SMILES string of the molecule is COc1ncnc(NCc2cn[nH]c2C)c1C. The van der Waals surface area contributed by atoms with E-state index in [2.05, 4.69) is 25.5 Å². The first-order valence-electron chi connectivity index (χ1n) is 5.30. The molecular weight excluding hydrogens is 218 g/mol. The van der Waals surface area contributed by atoms with Crippen molar-refractivity contribution in [2.45, 2.75) is 20.4 Å². The van der Waals surface area contributed by atoms with E-state index in [1.165, 1.54) is 6.33 Å². The molecule has 0 radical (unpaired) electrons. The van der Waals surface area contributed by atoms with E-state index in [-0.39, 0.29) is 0 Å². The van der Waals surface area contributed by atoms with Gasteiger partial charge in [-0.25, -0.2) is 9.97 Å². The van der Waals surface area contributed by atoms with Gasteiger partial charge in [-0.3, -0.25) is 5.10 Å². The molecule has 0 aliphatic carbocycles. The van der Waals surface area contributed by atoms with Gasteiger partial charge >= 0.3 is 0 Å². The van der Waals surface area contributed by atoms with E-state index in [9.17, 15) is 0 Å². The Kier molecular flexibility index (Phi) is 3.22. The first kappa shape index (κ1) is 11.4. The summed E-state index contributed by atoms with van der Waals surface area (Å²) in [6.07, 6.45) is 3.28. The normalized spacial score (nSPS) is 10.3. The molecule has 0 unspecified atom stereocenters. The number of H-pyrrole nitrogens is 1. The van der Waals surface area contributed by atoms with Crippen LogP contribution >= 0.6 is 0 Å². The highest BCUT2D eigenvalue weighted by molar-refractivity contribution is 5.47.